The van der Waals surface area contributed by atoms with Crippen molar-refractivity contribution in [1.82, 2.24) is 9.72 Å². The Balaban J connectivity index is 2.00. The van der Waals surface area contributed by atoms with Crippen LogP contribution in [-0.4, -0.2) is 17.5 Å². The summed E-state index contributed by atoms with van der Waals surface area (Å²) < 4.78 is 2.21. The van der Waals surface area contributed by atoms with Crippen LogP contribution in [0.1, 0.15) is 11.5 Å². The van der Waals surface area contributed by atoms with Crippen LogP contribution in [0.15, 0.2) is 54.7 Å². The standard InChI is InChI=1S/C19H15ClN2/c20-17-6-3-7-22-18-8-15(12-10-21-11-12)13-4-1-2-5-14(13)16(18)9-19(17)22/h1-9,12,21H,10-11H2. The summed E-state index contributed by atoms with van der Waals surface area (Å²) in [6.45, 7) is 2.14. The van der Waals surface area contributed by atoms with E-state index in [1.165, 1.54) is 27.2 Å². The second kappa shape index (κ2) is 4.48. The van der Waals surface area contributed by atoms with Gasteiger partial charge in [0.25, 0.3) is 0 Å². The van der Waals surface area contributed by atoms with E-state index in [9.17, 15) is 0 Å². The Kier molecular flexibility index (Phi) is 2.55. The molecule has 2 aromatic carbocycles. The molecular formula is C19H15ClN2. The molecule has 0 radical (unpaired) electrons. The van der Waals surface area contributed by atoms with E-state index < -0.39 is 0 Å². The Labute approximate surface area is 133 Å². The van der Waals surface area contributed by atoms with Crippen LogP contribution in [-0.2, 0) is 0 Å². The van der Waals surface area contributed by atoms with E-state index in [4.69, 9.17) is 11.6 Å². The molecule has 1 N–H and O–H groups in total. The molecule has 0 unspecified atom stereocenters. The molecule has 1 aliphatic rings. The predicted molar refractivity (Wildman–Crippen MR) is 93.0 cm³/mol. The van der Waals surface area contributed by atoms with Crippen molar-refractivity contribution in [2.45, 2.75) is 5.92 Å². The first-order chi connectivity index (χ1) is 10.8. The van der Waals surface area contributed by atoms with E-state index in [0.29, 0.717) is 5.92 Å². The van der Waals surface area contributed by atoms with E-state index in [2.05, 4.69) is 52.3 Å². The predicted octanol–water partition coefficient (Wildman–Crippen LogP) is 4.59. The summed E-state index contributed by atoms with van der Waals surface area (Å²) >= 11 is 6.39. The third-order valence-electron chi connectivity index (χ3n) is 4.84. The quantitative estimate of drug-likeness (QED) is 0.544. The largest absolute Gasteiger partial charge is 0.315 e. The van der Waals surface area contributed by atoms with E-state index in [1.807, 2.05) is 12.1 Å². The Bertz CT molecular complexity index is 1030. The molecular weight excluding hydrogens is 292 g/mol. The van der Waals surface area contributed by atoms with Gasteiger partial charge in [0.1, 0.15) is 0 Å². The van der Waals surface area contributed by atoms with Crippen molar-refractivity contribution < 1.29 is 0 Å². The van der Waals surface area contributed by atoms with Gasteiger partial charge >= 0.3 is 0 Å². The Morgan fingerprint density at radius 2 is 1.73 bits per heavy atom. The highest BCUT2D eigenvalue weighted by Crippen LogP contribution is 2.36. The first-order valence-electron chi connectivity index (χ1n) is 7.64. The van der Waals surface area contributed by atoms with Gasteiger partial charge < -0.3 is 9.72 Å². The summed E-state index contributed by atoms with van der Waals surface area (Å²) in [4.78, 5) is 0. The van der Waals surface area contributed by atoms with Crippen LogP contribution in [0.2, 0.25) is 5.02 Å². The van der Waals surface area contributed by atoms with Gasteiger partial charge in [0.2, 0.25) is 0 Å². The van der Waals surface area contributed by atoms with Gasteiger partial charge in [0.15, 0.2) is 0 Å². The Morgan fingerprint density at radius 3 is 2.50 bits per heavy atom. The number of nitrogens with one attached hydrogen (secondary N) is 1. The molecule has 4 aromatic rings. The Morgan fingerprint density at radius 1 is 0.909 bits per heavy atom. The van der Waals surface area contributed by atoms with Gasteiger partial charge in [-0.15, -0.1) is 0 Å². The summed E-state index contributed by atoms with van der Waals surface area (Å²) in [5.41, 5.74) is 3.77. The van der Waals surface area contributed by atoms with E-state index >= 15 is 0 Å². The van der Waals surface area contributed by atoms with Crippen molar-refractivity contribution in [1.29, 1.82) is 0 Å². The summed E-state index contributed by atoms with van der Waals surface area (Å²) in [6.07, 6.45) is 2.10. The van der Waals surface area contributed by atoms with Crippen molar-refractivity contribution in [3.8, 4) is 0 Å². The molecule has 1 saturated heterocycles. The fraction of sp³-hybridized carbons (Fsp3) is 0.158. The molecule has 1 aliphatic heterocycles. The van der Waals surface area contributed by atoms with Crippen LogP contribution in [0.4, 0.5) is 0 Å². The Hall–Kier alpha value is -2.03. The molecule has 5 rings (SSSR count). The zero-order chi connectivity index (χ0) is 14.7. The molecule has 3 heteroatoms. The van der Waals surface area contributed by atoms with Crippen molar-refractivity contribution in [3.63, 3.8) is 0 Å². The number of rotatable bonds is 1. The van der Waals surface area contributed by atoms with Crippen LogP contribution >= 0.6 is 11.6 Å². The smallest absolute Gasteiger partial charge is 0.0649 e. The van der Waals surface area contributed by atoms with Crippen molar-refractivity contribution in [2.24, 2.45) is 0 Å². The highest BCUT2D eigenvalue weighted by molar-refractivity contribution is 6.34. The zero-order valence-electron chi connectivity index (χ0n) is 12.0. The molecule has 0 saturated carbocycles. The minimum atomic E-state index is 0.610. The van der Waals surface area contributed by atoms with E-state index in [0.717, 1.165) is 23.6 Å². The highest BCUT2D eigenvalue weighted by atomic mass is 35.5. The molecule has 0 atom stereocenters. The minimum absolute atomic E-state index is 0.610. The van der Waals surface area contributed by atoms with Crippen molar-refractivity contribution in [3.05, 3.63) is 65.3 Å². The minimum Gasteiger partial charge on any atom is -0.315 e. The fourth-order valence-corrected chi connectivity index (χ4v) is 3.81. The summed E-state index contributed by atoms with van der Waals surface area (Å²) in [6, 6.07) is 17.2. The average Bonchev–Trinajstić information content (AvgIpc) is 2.86. The second-order valence-corrected chi connectivity index (χ2v) is 6.46. The van der Waals surface area contributed by atoms with Gasteiger partial charge in [0.05, 0.1) is 16.1 Å². The van der Waals surface area contributed by atoms with Gasteiger partial charge in [0, 0.05) is 30.6 Å². The summed E-state index contributed by atoms with van der Waals surface area (Å²) in [7, 11) is 0. The number of aromatic nitrogens is 1. The number of halogens is 1. The summed E-state index contributed by atoms with van der Waals surface area (Å²) in [5, 5.41) is 8.15. The van der Waals surface area contributed by atoms with Crippen LogP contribution in [0.5, 0.6) is 0 Å². The van der Waals surface area contributed by atoms with Crippen molar-refractivity contribution >= 4 is 38.8 Å². The van der Waals surface area contributed by atoms with Gasteiger partial charge in [-0.2, -0.15) is 0 Å². The molecule has 0 spiro atoms. The molecule has 0 amide bonds. The third-order valence-corrected chi connectivity index (χ3v) is 5.16. The van der Waals surface area contributed by atoms with Gasteiger partial charge in [-0.25, -0.2) is 0 Å². The molecule has 1 fully saturated rings. The fourth-order valence-electron chi connectivity index (χ4n) is 3.59. The number of nitrogens with zero attached hydrogens (tertiary/aromatic N) is 1. The lowest BCUT2D eigenvalue weighted by molar-refractivity contribution is 0.451. The molecule has 22 heavy (non-hydrogen) atoms. The number of benzene rings is 2. The SMILES string of the molecule is Clc1cccn2c1cc1c3ccccc3c(C3CNC3)cc12. The number of fused-ring (bicyclic) bond motifs is 5. The number of hydrogen-bond acceptors (Lipinski definition) is 1. The second-order valence-electron chi connectivity index (χ2n) is 6.06. The number of hydrogen-bond donors (Lipinski definition) is 1. The van der Waals surface area contributed by atoms with Crippen LogP contribution in [0, 0.1) is 0 Å². The molecule has 2 nitrogen and oxygen atoms in total. The summed E-state index contributed by atoms with van der Waals surface area (Å²) in [5.74, 6) is 0.610. The molecule has 3 heterocycles. The molecule has 108 valence electrons. The maximum absolute atomic E-state index is 6.39. The topological polar surface area (TPSA) is 16.4 Å². The maximum Gasteiger partial charge on any atom is 0.0649 e. The first-order valence-corrected chi connectivity index (χ1v) is 8.02. The van der Waals surface area contributed by atoms with Gasteiger partial charge in [-0.3, -0.25) is 0 Å². The average molecular weight is 307 g/mol. The first kappa shape index (κ1) is 12.5. The zero-order valence-corrected chi connectivity index (χ0v) is 12.8. The molecule has 0 aliphatic carbocycles. The lowest BCUT2D eigenvalue weighted by atomic mass is 9.88. The lowest BCUT2D eigenvalue weighted by Gasteiger charge is -2.29. The van der Waals surface area contributed by atoms with Gasteiger partial charge in [-0.05, 0) is 40.6 Å². The van der Waals surface area contributed by atoms with E-state index in [1.54, 1.807) is 0 Å². The van der Waals surface area contributed by atoms with Crippen LogP contribution in [0.3, 0.4) is 0 Å². The highest BCUT2D eigenvalue weighted by Gasteiger charge is 2.22. The molecule has 0 bridgehead atoms. The molecule has 2 aromatic heterocycles. The monoisotopic (exact) mass is 306 g/mol. The van der Waals surface area contributed by atoms with Gasteiger partial charge in [-0.1, -0.05) is 35.9 Å². The third kappa shape index (κ3) is 1.59. The van der Waals surface area contributed by atoms with Crippen LogP contribution < -0.4 is 5.32 Å². The van der Waals surface area contributed by atoms with Crippen LogP contribution in [0.25, 0.3) is 27.2 Å². The van der Waals surface area contributed by atoms with E-state index in [-0.39, 0.29) is 0 Å². The van der Waals surface area contributed by atoms with Crippen molar-refractivity contribution in [2.75, 3.05) is 13.1 Å². The maximum atomic E-state index is 6.39. The lowest BCUT2D eigenvalue weighted by Crippen LogP contribution is -2.39. The number of pyridine rings is 1. The normalized spacial score (nSPS) is 15.7.